The van der Waals surface area contributed by atoms with Crippen molar-refractivity contribution in [3.05, 3.63) is 24.3 Å². The first kappa shape index (κ1) is 9.08. The van der Waals surface area contributed by atoms with Crippen molar-refractivity contribution in [3.63, 3.8) is 0 Å². The van der Waals surface area contributed by atoms with E-state index in [0.717, 1.165) is 12.5 Å². The lowest BCUT2D eigenvalue weighted by atomic mass is 9.88. The minimum Gasteiger partial charge on any atom is -0.381 e. The van der Waals surface area contributed by atoms with Crippen LogP contribution in [0.5, 0.6) is 0 Å². The van der Waals surface area contributed by atoms with Crippen molar-refractivity contribution in [2.45, 2.75) is 25.8 Å². The van der Waals surface area contributed by atoms with Gasteiger partial charge in [-0.05, 0) is 30.9 Å². The Balaban J connectivity index is 1.99. The van der Waals surface area contributed by atoms with Crippen LogP contribution in [0.4, 0.5) is 11.4 Å². The fourth-order valence-electron chi connectivity index (χ4n) is 2.95. The molecule has 15 heavy (non-hydrogen) atoms. The Morgan fingerprint density at radius 1 is 1.33 bits per heavy atom. The van der Waals surface area contributed by atoms with Gasteiger partial charge >= 0.3 is 0 Å². The number of hydrogen-bond donors (Lipinski definition) is 1. The average molecular weight is 202 g/mol. The van der Waals surface area contributed by atoms with Crippen LogP contribution in [0, 0.1) is 5.92 Å². The number of nitrogens with one attached hydrogen (secondary N) is 1. The van der Waals surface area contributed by atoms with Gasteiger partial charge in [-0.3, -0.25) is 0 Å². The highest BCUT2D eigenvalue weighted by atomic mass is 15.2. The summed E-state index contributed by atoms with van der Waals surface area (Å²) in [7, 11) is 0. The summed E-state index contributed by atoms with van der Waals surface area (Å²) in [5.41, 5.74) is 2.71. The van der Waals surface area contributed by atoms with Crippen molar-refractivity contribution in [1.29, 1.82) is 0 Å². The van der Waals surface area contributed by atoms with E-state index in [-0.39, 0.29) is 0 Å². The van der Waals surface area contributed by atoms with Crippen molar-refractivity contribution in [3.8, 4) is 0 Å². The van der Waals surface area contributed by atoms with Gasteiger partial charge in [-0.15, -0.1) is 0 Å². The van der Waals surface area contributed by atoms with Gasteiger partial charge in [-0.25, -0.2) is 0 Å². The quantitative estimate of drug-likeness (QED) is 0.696. The molecule has 1 saturated heterocycles. The molecule has 2 aliphatic rings. The molecule has 2 atom stereocenters. The zero-order chi connectivity index (χ0) is 10.3. The molecule has 3 rings (SSSR count). The minimum absolute atomic E-state index is 0.702. The Kier molecular flexibility index (Phi) is 2.08. The number of para-hydroxylation sites is 2. The number of hydrogen-bond acceptors (Lipinski definition) is 2. The van der Waals surface area contributed by atoms with Crippen molar-refractivity contribution in [2.75, 3.05) is 23.3 Å². The summed E-state index contributed by atoms with van der Waals surface area (Å²) >= 11 is 0. The van der Waals surface area contributed by atoms with E-state index in [1.54, 1.807) is 0 Å². The van der Waals surface area contributed by atoms with Gasteiger partial charge in [0.25, 0.3) is 0 Å². The van der Waals surface area contributed by atoms with E-state index in [2.05, 4.69) is 41.4 Å². The second-order valence-electron chi connectivity index (χ2n) is 4.78. The molecular weight excluding hydrogens is 184 g/mol. The molecule has 0 radical (unpaired) electrons. The van der Waals surface area contributed by atoms with E-state index in [0.29, 0.717) is 6.04 Å². The number of benzene rings is 1. The van der Waals surface area contributed by atoms with Crippen LogP contribution in [0.25, 0.3) is 0 Å². The maximum atomic E-state index is 3.55. The highest BCUT2D eigenvalue weighted by Gasteiger charge is 2.32. The first-order valence-electron chi connectivity index (χ1n) is 5.96. The monoisotopic (exact) mass is 202 g/mol. The van der Waals surface area contributed by atoms with E-state index < -0.39 is 0 Å². The summed E-state index contributed by atoms with van der Waals surface area (Å²) < 4.78 is 0. The van der Waals surface area contributed by atoms with Crippen LogP contribution in [0.3, 0.4) is 0 Å². The molecule has 1 fully saturated rings. The molecule has 0 amide bonds. The summed E-state index contributed by atoms with van der Waals surface area (Å²) in [6.45, 7) is 4.72. The number of anilines is 2. The second kappa shape index (κ2) is 3.44. The molecular formula is C13H18N2. The topological polar surface area (TPSA) is 15.3 Å². The lowest BCUT2D eigenvalue weighted by Gasteiger charge is -2.45. The molecule has 0 saturated carbocycles. The summed E-state index contributed by atoms with van der Waals surface area (Å²) in [6.07, 6.45) is 2.72. The van der Waals surface area contributed by atoms with E-state index in [1.807, 2.05) is 0 Å². The summed E-state index contributed by atoms with van der Waals surface area (Å²) in [4.78, 5) is 2.60. The van der Waals surface area contributed by atoms with Crippen molar-refractivity contribution in [2.24, 2.45) is 5.92 Å². The van der Waals surface area contributed by atoms with Crippen LogP contribution in [-0.2, 0) is 0 Å². The Bertz CT molecular complexity index is 361. The van der Waals surface area contributed by atoms with E-state index in [1.165, 1.54) is 30.8 Å². The van der Waals surface area contributed by atoms with Gasteiger partial charge in [0.15, 0.2) is 0 Å². The first-order valence-corrected chi connectivity index (χ1v) is 5.96. The van der Waals surface area contributed by atoms with Crippen LogP contribution < -0.4 is 10.2 Å². The summed E-state index contributed by atoms with van der Waals surface area (Å²) in [6, 6.07) is 9.38. The number of rotatable bonds is 0. The van der Waals surface area contributed by atoms with E-state index >= 15 is 0 Å². The predicted octanol–water partition coefficient (Wildman–Crippen LogP) is 2.72. The molecule has 80 valence electrons. The molecule has 2 aliphatic heterocycles. The fourth-order valence-corrected chi connectivity index (χ4v) is 2.95. The second-order valence-corrected chi connectivity index (χ2v) is 4.78. The molecule has 2 heterocycles. The van der Waals surface area contributed by atoms with Gasteiger partial charge in [0.2, 0.25) is 0 Å². The van der Waals surface area contributed by atoms with E-state index in [4.69, 9.17) is 0 Å². The Morgan fingerprint density at radius 3 is 3.13 bits per heavy atom. The zero-order valence-electron chi connectivity index (χ0n) is 9.24. The maximum Gasteiger partial charge on any atom is 0.0605 e. The highest BCUT2D eigenvalue weighted by Crippen LogP contribution is 2.36. The van der Waals surface area contributed by atoms with Gasteiger partial charge in [0.05, 0.1) is 11.4 Å². The Labute approximate surface area is 91.3 Å². The largest absolute Gasteiger partial charge is 0.381 e. The predicted molar refractivity (Wildman–Crippen MR) is 64.5 cm³/mol. The van der Waals surface area contributed by atoms with Gasteiger partial charge in [-0.2, -0.15) is 0 Å². The van der Waals surface area contributed by atoms with Crippen LogP contribution in [0.15, 0.2) is 24.3 Å². The molecule has 2 heteroatoms. The fraction of sp³-hybridized carbons (Fsp3) is 0.538. The molecule has 0 aromatic heterocycles. The van der Waals surface area contributed by atoms with Crippen molar-refractivity contribution < 1.29 is 0 Å². The van der Waals surface area contributed by atoms with Crippen LogP contribution in [0.1, 0.15) is 19.8 Å². The third-order valence-corrected chi connectivity index (χ3v) is 3.83. The summed E-state index contributed by atoms with van der Waals surface area (Å²) in [5.74, 6) is 0.819. The van der Waals surface area contributed by atoms with Crippen LogP contribution in [0.2, 0.25) is 0 Å². The van der Waals surface area contributed by atoms with E-state index in [9.17, 15) is 0 Å². The first-order chi connectivity index (χ1) is 7.36. The maximum absolute atomic E-state index is 3.55. The number of piperidine rings is 1. The molecule has 0 spiro atoms. The lowest BCUT2D eigenvalue weighted by molar-refractivity contribution is 0.351. The molecule has 0 aliphatic carbocycles. The van der Waals surface area contributed by atoms with Crippen molar-refractivity contribution in [1.82, 2.24) is 0 Å². The molecule has 2 unspecified atom stereocenters. The smallest absolute Gasteiger partial charge is 0.0605 e. The number of nitrogens with zero attached hydrogens (tertiary/aromatic N) is 1. The van der Waals surface area contributed by atoms with Gasteiger partial charge in [0, 0.05) is 19.1 Å². The van der Waals surface area contributed by atoms with Crippen LogP contribution >= 0.6 is 0 Å². The average Bonchev–Trinajstić information content (AvgIpc) is 2.29. The number of fused-ring (bicyclic) bond motifs is 3. The summed E-state index contributed by atoms with van der Waals surface area (Å²) in [5, 5.41) is 3.55. The molecule has 1 aromatic rings. The standard InChI is InChI=1S/C13H18N2/c1-10-5-4-8-15-12-7-3-2-6-11(12)14-9-13(10)15/h2-3,6-7,10,13-14H,4-5,8-9H2,1H3. The highest BCUT2D eigenvalue weighted by molar-refractivity contribution is 5.72. The Hall–Kier alpha value is -1.18. The van der Waals surface area contributed by atoms with Crippen molar-refractivity contribution >= 4 is 11.4 Å². The molecule has 0 bridgehead atoms. The van der Waals surface area contributed by atoms with Gasteiger partial charge < -0.3 is 10.2 Å². The van der Waals surface area contributed by atoms with Crippen LogP contribution in [-0.4, -0.2) is 19.1 Å². The zero-order valence-corrected chi connectivity index (χ0v) is 9.24. The SMILES string of the molecule is CC1CCCN2c3ccccc3NCC12. The molecule has 1 aromatic carbocycles. The third-order valence-electron chi connectivity index (χ3n) is 3.83. The third kappa shape index (κ3) is 1.39. The lowest BCUT2D eigenvalue weighted by Crippen LogP contribution is -2.51. The van der Waals surface area contributed by atoms with Gasteiger partial charge in [-0.1, -0.05) is 19.1 Å². The molecule has 1 N–H and O–H groups in total. The minimum atomic E-state index is 0.702. The normalized spacial score (nSPS) is 29.0. The van der Waals surface area contributed by atoms with Gasteiger partial charge in [0.1, 0.15) is 0 Å². The molecule has 2 nitrogen and oxygen atoms in total. The Morgan fingerprint density at radius 2 is 2.20 bits per heavy atom.